The second kappa shape index (κ2) is 5.73. The van der Waals surface area contributed by atoms with E-state index in [2.05, 4.69) is 78.9 Å². The molecule has 1 heteroatoms. The third kappa shape index (κ3) is 1.51. The lowest BCUT2D eigenvalue weighted by atomic mass is 9.53. The van der Waals surface area contributed by atoms with E-state index in [9.17, 15) is 0 Å². The third-order valence-corrected chi connectivity index (χ3v) is 15.1. The lowest BCUT2D eigenvalue weighted by molar-refractivity contribution is 0.412. The van der Waals surface area contributed by atoms with E-state index in [1.165, 1.54) is 70.4 Å². The van der Waals surface area contributed by atoms with Crippen LogP contribution in [0, 0.1) is 0 Å². The van der Waals surface area contributed by atoms with Gasteiger partial charge < -0.3 is 4.74 Å². The van der Waals surface area contributed by atoms with Crippen LogP contribution in [0.25, 0.3) is 124 Å². The third-order valence-electron chi connectivity index (χ3n) is 15.1. The van der Waals surface area contributed by atoms with Gasteiger partial charge in [0.15, 0.2) is 0 Å². The first kappa shape index (κ1) is 21.3. The molecular formula is C47H20O. The van der Waals surface area contributed by atoms with Gasteiger partial charge in [0.2, 0.25) is 0 Å². The van der Waals surface area contributed by atoms with Crippen LogP contribution in [0.15, 0.2) is 78.9 Å². The minimum Gasteiger partial charge on any atom is -0.497 e. The van der Waals surface area contributed by atoms with Crippen LogP contribution in [-0.4, -0.2) is 7.11 Å². The van der Waals surface area contributed by atoms with E-state index in [0.717, 1.165) is 12.2 Å². The van der Waals surface area contributed by atoms with Gasteiger partial charge in [-0.1, -0.05) is 66.7 Å². The summed E-state index contributed by atoms with van der Waals surface area (Å²) in [7, 11) is 1.79. The van der Waals surface area contributed by atoms with Crippen molar-refractivity contribution in [3.63, 3.8) is 0 Å². The highest BCUT2D eigenvalue weighted by Gasteiger charge is 2.62. The highest BCUT2D eigenvalue weighted by Crippen LogP contribution is 2.77. The molecule has 0 radical (unpaired) electrons. The van der Waals surface area contributed by atoms with Crippen molar-refractivity contribution in [1.29, 1.82) is 0 Å². The molecule has 3 unspecified atom stereocenters. The molecule has 214 valence electrons. The van der Waals surface area contributed by atoms with Gasteiger partial charge in [-0.2, -0.15) is 0 Å². The van der Waals surface area contributed by atoms with Crippen molar-refractivity contribution < 1.29 is 4.74 Å². The van der Waals surface area contributed by atoms with E-state index >= 15 is 0 Å². The molecule has 4 aliphatic rings. The van der Waals surface area contributed by atoms with Crippen molar-refractivity contribution in [2.45, 2.75) is 23.7 Å². The largest absolute Gasteiger partial charge is 0.497 e. The van der Waals surface area contributed by atoms with Gasteiger partial charge >= 0.3 is 0 Å². The molecule has 17 rings (SSSR count). The smallest absolute Gasteiger partial charge is 0.118 e. The summed E-state index contributed by atoms with van der Waals surface area (Å²) < 4.78 is 5.76. The van der Waals surface area contributed by atoms with Crippen molar-refractivity contribution in [3.05, 3.63) is 107 Å². The Labute approximate surface area is 271 Å². The molecule has 0 N–H and O–H groups in total. The lowest BCUT2D eigenvalue weighted by Crippen LogP contribution is -2.39. The van der Waals surface area contributed by atoms with Crippen molar-refractivity contribution in [3.8, 4) is 5.75 Å². The predicted octanol–water partition coefficient (Wildman–Crippen LogP) is 12.2. The predicted molar refractivity (Wildman–Crippen MR) is 200 cm³/mol. The van der Waals surface area contributed by atoms with E-state index in [1.54, 1.807) is 88.6 Å². The molecule has 0 spiro atoms. The summed E-state index contributed by atoms with van der Waals surface area (Å²) in [6.07, 6.45) is 3.78. The number of allylic oxidation sites excluding steroid dienone is 2. The van der Waals surface area contributed by atoms with Crippen LogP contribution in [0.3, 0.4) is 0 Å². The van der Waals surface area contributed by atoms with Gasteiger partial charge in [-0.05, 0) is 176 Å². The Morgan fingerprint density at radius 1 is 0.500 bits per heavy atom. The van der Waals surface area contributed by atoms with Crippen LogP contribution in [-0.2, 0) is 5.41 Å². The van der Waals surface area contributed by atoms with Gasteiger partial charge in [-0.25, -0.2) is 0 Å². The van der Waals surface area contributed by atoms with E-state index in [0.29, 0.717) is 11.8 Å². The quantitative estimate of drug-likeness (QED) is 0.179. The molecule has 0 aromatic heterocycles. The van der Waals surface area contributed by atoms with Gasteiger partial charge in [0, 0.05) is 5.92 Å². The number of methoxy groups -OCH3 is 1. The van der Waals surface area contributed by atoms with Crippen LogP contribution in [0.5, 0.6) is 5.75 Å². The fourth-order valence-corrected chi connectivity index (χ4v) is 14.1. The topological polar surface area (TPSA) is 9.23 Å². The summed E-state index contributed by atoms with van der Waals surface area (Å²) in [6, 6.07) is 29.2. The summed E-state index contributed by atoms with van der Waals surface area (Å²) in [6.45, 7) is 0. The number of hydrogen-bond acceptors (Lipinski definition) is 1. The molecular weight excluding hydrogens is 581 g/mol. The standard InChI is InChI=1S/C47H20O/c1-48-17-4-2-16(3-5-17)47-27-15-14-25-24-11-10-21-20-7-6-18-19-8-9-22-23-12-13-26(27)35-34(23)38-31(22)30(19)36-28(18)29(20)37-32(21)33(24)43(45(25)47)42-40(37)39(36)41(38)44(42)46(35)47/h2-13,15,25,45H,14H2,1H3. The monoisotopic (exact) mass is 600 g/mol. The summed E-state index contributed by atoms with van der Waals surface area (Å²) in [5.74, 6) is 1.77. The van der Waals surface area contributed by atoms with Crippen LogP contribution in [0.2, 0.25) is 0 Å². The van der Waals surface area contributed by atoms with Crippen molar-refractivity contribution in [1.82, 2.24) is 0 Å². The van der Waals surface area contributed by atoms with Gasteiger partial charge in [0.05, 0.1) is 12.5 Å². The molecule has 0 heterocycles. The Hall–Kier alpha value is -5.66. The average molecular weight is 601 g/mol. The Kier molecular flexibility index (Phi) is 2.54. The maximum Gasteiger partial charge on any atom is 0.118 e. The van der Waals surface area contributed by atoms with E-state index < -0.39 is 0 Å². The molecule has 13 aromatic rings. The second-order valence-corrected chi connectivity index (χ2v) is 15.9. The van der Waals surface area contributed by atoms with E-state index in [4.69, 9.17) is 4.74 Å². The molecule has 48 heavy (non-hydrogen) atoms. The summed E-state index contributed by atoms with van der Waals surface area (Å²) in [5, 5.41) is 33.8. The summed E-state index contributed by atoms with van der Waals surface area (Å²) >= 11 is 0. The maximum absolute atomic E-state index is 5.76. The van der Waals surface area contributed by atoms with Crippen molar-refractivity contribution in [2.75, 3.05) is 7.11 Å². The molecule has 0 saturated heterocycles. The molecule has 0 bridgehead atoms. The van der Waals surface area contributed by atoms with E-state index in [1.807, 2.05) is 0 Å². The van der Waals surface area contributed by atoms with Crippen LogP contribution in [0.1, 0.15) is 46.1 Å². The highest BCUT2D eigenvalue weighted by atomic mass is 16.5. The summed E-state index contributed by atoms with van der Waals surface area (Å²) in [5.41, 5.74) is 9.16. The minimum atomic E-state index is -0.226. The zero-order valence-electron chi connectivity index (χ0n) is 25.8. The molecule has 4 aliphatic carbocycles. The summed E-state index contributed by atoms with van der Waals surface area (Å²) in [4.78, 5) is 0. The van der Waals surface area contributed by atoms with Crippen molar-refractivity contribution in [2.24, 2.45) is 0 Å². The highest BCUT2D eigenvalue weighted by molar-refractivity contribution is 6.64. The fourth-order valence-electron chi connectivity index (χ4n) is 14.1. The van der Waals surface area contributed by atoms with E-state index in [-0.39, 0.29) is 5.41 Å². The van der Waals surface area contributed by atoms with Gasteiger partial charge in [-0.3, -0.25) is 0 Å². The average Bonchev–Trinajstić information content (AvgIpc) is 3.95. The molecule has 0 saturated carbocycles. The number of rotatable bonds is 2. The molecule has 0 amide bonds. The number of ether oxygens (including phenoxy) is 1. The van der Waals surface area contributed by atoms with Crippen LogP contribution in [0.4, 0.5) is 0 Å². The number of benzene rings is 9. The normalized spacial score (nSPS) is 22.8. The SMILES string of the molecule is COc1ccc(C23C4=CCC5c6ccc7c8ccc9c%10ccc%11c%12ccc4c4c2c2c%13c(c6c7c6c8c9c7c%10c%11c(c4%12)c2c7c%136)C53)cc1. The van der Waals surface area contributed by atoms with Crippen LogP contribution < -0.4 is 4.74 Å². The number of fused-ring (bicyclic) bond motifs is 5. The van der Waals surface area contributed by atoms with Gasteiger partial charge in [0.25, 0.3) is 0 Å². The first-order valence-corrected chi connectivity index (χ1v) is 17.6. The lowest BCUT2D eigenvalue weighted by Gasteiger charge is -2.48. The van der Waals surface area contributed by atoms with Gasteiger partial charge in [-0.15, -0.1) is 0 Å². The fraction of sp³-hybridized carbons (Fsp3) is 0.106. The molecule has 1 nitrogen and oxygen atoms in total. The Morgan fingerprint density at radius 2 is 1.02 bits per heavy atom. The molecule has 0 aliphatic heterocycles. The zero-order chi connectivity index (χ0) is 30.0. The Morgan fingerprint density at radius 3 is 1.67 bits per heavy atom. The Balaban J connectivity index is 1.35. The molecule has 3 atom stereocenters. The van der Waals surface area contributed by atoms with Crippen LogP contribution >= 0.6 is 0 Å². The first-order valence-electron chi connectivity index (χ1n) is 17.6. The molecule has 13 aromatic carbocycles. The first-order chi connectivity index (χ1) is 23.8. The molecule has 0 fully saturated rings. The minimum absolute atomic E-state index is 0.226. The number of hydrogen-bond donors (Lipinski definition) is 0. The van der Waals surface area contributed by atoms with Crippen molar-refractivity contribution >= 4 is 124 Å². The zero-order valence-corrected chi connectivity index (χ0v) is 25.8. The maximum atomic E-state index is 5.76. The Bertz CT molecular complexity index is 3730. The second-order valence-electron chi connectivity index (χ2n) is 15.9. The van der Waals surface area contributed by atoms with Gasteiger partial charge in [0.1, 0.15) is 5.75 Å².